The quantitative estimate of drug-likeness (QED) is 0.171. The minimum Gasteiger partial charge on any atom is -0.456 e. The summed E-state index contributed by atoms with van der Waals surface area (Å²) in [5.41, 5.74) is 24.7. The second-order valence-corrected chi connectivity index (χ2v) is 19.1. The average Bonchev–Trinajstić information content (AvgIpc) is 4.06. The SMILES string of the molecule is c1ccc(-c2ccc(N(c3ccc(-c4ccc5c(c4)-c4ccccc4C54c5ccccc5C5(c6ccccc6-c6ccccc65)c5ccccc54)cc3)c3ccc4c(c3)oc3ccccc34)cc2)cc1. The van der Waals surface area contributed by atoms with E-state index in [1.54, 1.807) is 0 Å². The monoisotopic (exact) mass is 889 g/mol. The summed E-state index contributed by atoms with van der Waals surface area (Å²) in [5, 5.41) is 2.24. The van der Waals surface area contributed by atoms with Crippen LogP contribution in [0.15, 0.2) is 265 Å². The summed E-state index contributed by atoms with van der Waals surface area (Å²) < 4.78 is 6.44. The number of fused-ring (bicyclic) bond motifs is 19. The molecule has 0 radical (unpaired) electrons. The Hall–Kier alpha value is -8.98. The molecule has 326 valence electrons. The van der Waals surface area contributed by atoms with Gasteiger partial charge in [-0.2, -0.15) is 0 Å². The summed E-state index contributed by atoms with van der Waals surface area (Å²) >= 11 is 0. The third-order valence-corrected chi connectivity index (χ3v) is 15.8. The van der Waals surface area contributed by atoms with Gasteiger partial charge < -0.3 is 9.32 Å². The standard InChI is InChI=1S/C68H43NO/c1-2-16-44(17-3-1)45-30-35-48(36-31-45)69(50-39-40-55-54-21-7-15-29-65(54)70-66(55)43-50)49-37-32-46(33-38-49)47-34-41-60-56(42-47)53-20-6-10-24-59(53)68(60)63-27-13-11-25-61(63)67(62-26-12-14-28-64(62)68)57-22-8-4-18-51(57)52-19-5-9-23-58(52)67/h1-43H. The first-order chi connectivity index (χ1) is 34.7. The largest absolute Gasteiger partial charge is 0.456 e. The number of benzene rings is 11. The van der Waals surface area contributed by atoms with Crippen molar-refractivity contribution < 1.29 is 4.42 Å². The van der Waals surface area contributed by atoms with E-state index in [4.69, 9.17) is 4.42 Å². The maximum Gasteiger partial charge on any atom is 0.137 e. The van der Waals surface area contributed by atoms with Crippen LogP contribution in [0.25, 0.3) is 66.4 Å². The zero-order chi connectivity index (χ0) is 46.0. The lowest BCUT2D eigenvalue weighted by atomic mass is 9.52. The Morgan fingerprint density at radius 2 is 0.629 bits per heavy atom. The van der Waals surface area contributed by atoms with Gasteiger partial charge in [0.15, 0.2) is 0 Å². The van der Waals surface area contributed by atoms with E-state index < -0.39 is 10.8 Å². The zero-order valence-corrected chi connectivity index (χ0v) is 38.2. The molecule has 0 saturated carbocycles. The Morgan fingerprint density at radius 1 is 0.243 bits per heavy atom. The van der Waals surface area contributed by atoms with Gasteiger partial charge in [0.05, 0.1) is 10.8 Å². The molecule has 0 atom stereocenters. The van der Waals surface area contributed by atoms with Crippen LogP contribution in [0, 0.1) is 0 Å². The topological polar surface area (TPSA) is 16.4 Å². The molecule has 3 aliphatic rings. The Balaban J connectivity index is 0.874. The molecule has 2 heteroatoms. The predicted molar refractivity (Wildman–Crippen MR) is 287 cm³/mol. The molecule has 2 spiro atoms. The molecule has 0 fully saturated rings. The van der Waals surface area contributed by atoms with E-state index in [-0.39, 0.29) is 0 Å². The van der Waals surface area contributed by atoms with Gasteiger partial charge in [-0.3, -0.25) is 0 Å². The minimum absolute atomic E-state index is 0.458. The Bertz CT molecular complexity index is 3970. The van der Waals surface area contributed by atoms with Crippen molar-refractivity contribution in [3.05, 3.63) is 305 Å². The molecule has 1 aromatic heterocycles. The molecular weight excluding hydrogens is 847 g/mol. The van der Waals surface area contributed by atoms with Gasteiger partial charge in [0.1, 0.15) is 11.2 Å². The molecular formula is C68H43NO. The fraction of sp³-hybridized carbons (Fsp3) is 0.0294. The molecule has 0 unspecified atom stereocenters. The van der Waals surface area contributed by atoms with Crippen molar-refractivity contribution in [1.29, 1.82) is 0 Å². The van der Waals surface area contributed by atoms with Crippen molar-refractivity contribution in [2.75, 3.05) is 4.90 Å². The number of rotatable bonds is 5. The first-order valence-electron chi connectivity index (χ1n) is 24.3. The summed E-state index contributed by atoms with van der Waals surface area (Å²) in [5.74, 6) is 0. The molecule has 2 nitrogen and oxygen atoms in total. The first-order valence-corrected chi connectivity index (χ1v) is 24.3. The molecule has 0 bridgehead atoms. The van der Waals surface area contributed by atoms with Gasteiger partial charge in [-0.25, -0.2) is 0 Å². The maximum absolute atomic E-state index is 6.44. The van der Waals surface area contributed by atoms with Crippen LogP contribution in [0.4, 0.5) is 17.1 Å². The third kappa shape index (κ3) is 5.22. The van der Waals surface area contributed by atoms with Gasteiger partial charge >= 0.3 is 0 Å². The number of hydrogen-bond donors (Lipinski definition) is 0. The van der Waals surface area contributed by atoms with Crippen LogP contribution in [0.5, 0.6) is 0 Å². The van der Waals surface area contributed by atoms with Crippen LogP contribution in [-0.4, -0.2) is 0 Å². The number of furan rings is 1. The van der Waals surface area contributed by atoms with Gasteiger partial charge in [0, 0.05) is 33.9 Å². The van der Waals surface area contributed by atoms with Crippen molar-refractivity contribution in [2.24, 2.45) is 0 Å². The van der Waals surface area contributed by atoms with Crippen LogP contribution >= 0.6 is 0 Å². The van der Waals surface area contributed by atoms with Gasteiger partial charge in [-0.1, -0.05) is 206 Å². The van der Waals surface area contributed by atoms with Crippen LogP contribution < -0.4 is 4.90 Å². The fourth-order valence-electron chi connectivity index (χ4n) is 13.0. The lowest BCUT2D eigenvalue weighted by Gasteiger charge is -2.48. The Morgan fingerprint density at radius 3 is 1.19 bits per heavy atom. The molecule has 0 N–H and O–H groups in total. The molecule has 12 aromatic rings. The first kappa shape index (κ1) is 39.1. The average molecular weight is 890 g/mol. The van der Waals surface area contributed by atoms with Crippen molar-refractivity contribution >= 4 is 39.0 Å². The van der Waals surface area contributed by atoms with Crippen molar-refractivity contribution in [3.63, 3.8) is 0 Å². The maximum atomic E-state index is 6.44. The van der Waals surface area contributed by atoms with E-state index >= 15 is 0 Å². The number of nitrogens with zero attached hydrogens (tertiary/aromatic N) is 1. The second kappa shape index (κ2) is 14.8. The smallest absolute Gasteiger partial charge is 0.137 e. The summed E-state index contributed by atoms with van der Waals surface area (Å²) in [6, 6.07) is 96.6. The zero-order valence-electron chi connectivity index (χ0n) is 38.2. The highest BCUT2D eigenvalue weighted by molar-refractivity contribution is 6.06. The molecule has 0 saturated heterocycles. The Kier molecular flexibility index (Phi) is 8.24. The van der Waals surface area contributed by atoms with Crippen LogP contribution in [0.3, 0.4) is 0 Å². The fourth-order valence-corrected chi connectivity index (χ4v) is 13.0. The van der Waals surface area contributed by atoms with Gasteiger partial charge in [-0.15, -0.1) is 0 Å². The number of hydrogen-bond acceptors (Lipinski definition) is 2. The normalized spacial score (nSPS) is 13.9. The van der Waals surface area contributed by atoms with Gasteiger partial charge in [0.25, 0.3) is 0 Å². The predicted octanol–water partition coefficient (Wildman–Crippen LogP) is 17.4. The van der Waals surface area contributed by atoms with E-state index in [9.17, 15) is 0 Å². The molecule has 1 heterocycles. The van der Waals surface area contributed by atoms with Gasteiger partial charge in [-0.05, 0) is 138 Å². The summed E-state index contributed by atoms with van der Waals surface area (Å²) in [4.78, 5) is 2.33. The van der Waals surface area contributed by atoms with E-state index in [2.05, 4.69) is 254 Å². The molecule has 0 aliphatic heterocycles. The minimum atomic E-state index is -0.517. The van der Waals surface area contributed by atoms with E-state index in [1.807, 2.05) is 12.1 Å². The second-order valence-electron chi connectivity index (χ2n) is 19.1. The van der Waals surface area contributed by atoms with Crippen LogP contribution in [0.1, 0.15) is 44.5 Å². The Labute approximate surface area is 407 Å². The molecule has 11 aromatic carbocycles. The van der Waals surface area contributed by atoms with Crippen molar-refractivity contribution in [2.45, 2.75) is 10.8 Å². The summed E-state index contributed by atoms with van der Waals surface area (Å²) in [7, 11) is 0. The molecule has 0 amide bonds. The van der Waals surface area contributed by atoms with Gasteiger partial charge in [0.2, 0.25) is 0 Å². The highest BCUT2D eigenvalue weighted by atomic mass is 16.3. The van der Waals surface area contributed by atoms with E-state index in [1.165, 1.54) is 89.0 Å². The lowest BCUT2D eigenvalue weighted by Crippen LogP contribution is -2.43. The summed E-state index contributed by atoms with van der Waals surface area (Å²) in [6.07, 6.45) is 0. The van der Waals surface area contributed by atoms with E-state index in [0.717, 1.165) is 39.0 Å². The lowest BCUT2D eigenvalue weighted by molar-refractivity contribution is 0.633. The highest BCUT2D eigenvalue weighted by Crippen LogP contribution is 2.67. The third-order valence-electron chi connectivity index (χ3n) is 15.8. The molecule has 15 rings (SSSR count). The van der Waals surface area contributed by atoms with Crippen LogP contribution in [0.2, 0.25) is 0 Å². The number of para-hydroxylation sites is 1. The molecule has 3 aliphatic carbocycles. The van der Waals surface area contributed by atoms with Crippen molar-refractivity contribution in [1.82, 2.24) is 0 Å². The highest BCUT2D eigenvalue weighted by Gasteiger charge is 2.58. The van der Waals surface area contributed by atoms with Crippen LogP contribution in [-0.2, 0) is 10.8 Å². The summed E-state index contributed by atoms with van der Waals surface area (Å²) in [6.45, 7) is 0. The van der Waals surface area contributed by atoms with E-state index in [0.29, 0.717) is 0 Å². The molecule has 70 heavy (non-hydrogen) atoms. The number of anilines is 3. The van der Waals surface area contributed by atoms with Crippen molar-refractivity contribution in [3.8, 4) is 44.5 Å².